The zero-order valence-electron chi connectivity index (χ0n) is 8.95. The van der Waals surface area contributed by atoms with Crippen LogP contribution in [0, 0.1) is 0 Å². The molecular formula is C12H17NO3. The molecule has 0 unspecified atom stereocenters. The summed E-state index contributed by atoms with van der Waals surface area (Å²) in [5.74, 6) is 0. The minimum atomic E-state index is -0.890. The van der Waals surface area contributed by atoms with Crippen LogP contribution in [-0.4, -0.2) is 46.2 Å². The fourth-order valence-corrected chi connectivity index (χ4v) is 2.16. The van der Waals surface area contributed by atoms with Crippen molar-refractivity contribution < 1.29 is 15.3 Å². The van der Waals surface area contributed by atoms with Gasteiger partial charge in [0.2, 0.25) is 0 Å². The van der Waals surface area contributed by atoms with Crippen LogP contribution in [0.5, 0.6) is 0 Å². The van der Waals surface area contributed by atoms with E-state index in [1.807, 2.05) is 30.3 Å². The molecule has 1 heterocycles. The highest BCUT2D eigenvalue weighted by Gasteiger charge is 2.40. The smallest absolute Gasteiger partial charge is 0.0989 e. The molecule has 4 atom stereocenters. The molecule has 2 rings (SSSR count). The molecule has 4 heteroatoms. The second kappa shape index (κ2) is 4.93. The molecule has 1 aliphatic rings. The molecule has 0 amide bonds. The van der Waals surface area contributed by atoms with E-state index in [4.69, 9.17) is 5.11 Å². The van der Waals surface area contributed by atoms with Crippen molar-refractivity contribution in [3.05, 3.63) is 35.9 Å². The van der Waals surface area contributed by atoms with Crippen molar-refractivity contribution in [3.63, 3.8) is 0 Å². The van der Waals surface area contributed by atoms with Gasteiger partial charge < -0.3 is 20.6 Å². The first kappa shape index (κ1) is 11.5. The molecule has 1 saturated heterocycles. The molecule has 1 aromatic carbocycles. The number of benzene rings is 1. The molecular weight excluding hydrogens is 206 g/mol. The van der Waals surface area contributed by atoms with E-state index >= 15 is 0 Å². The Balaban J connectivity index is 2.01. The van der Waals surface area contributed by atoms with Crippen molar-refractivity contribution in [1.29, 1.82) is 0 Å². The standard InChI is InChI=1S/C12H17NO3/c14-7-10-12(16)11(15)9(13-10)6-8-4-2-1-3-5-8/h1-5,9-16H,6-7H2/t9-,10-,11-,12-/m0/s1. The maximum absolute atomic E-state index is 9.80. The molecule has 88 valence electrons. The van der Waals surface area contributed by atoms with E-state index in [1.54, 1.807) is 0 Å². The van der Waals surface area contributed by atoms with Crippen LogP contribution < -0.4 is 5.32 Å². The van der Waals surface area contributed by atoms with E-state index in [9.17, 15) is 10.2 Å². The third-order valence-corrected chi connectivity index (χ3v) is 3.10. The van der Waals surface area contributed by atoms with Crippen molar-refractivity contribution in [2.75, 3.05) is 6.61 Å². The quantitative estimate of drug-likeness (QED) is 0.546. The van der Waals surface area contributed by atoms with E-state index in [2.05, 4.69) is 5.32 Å². The van der Waals surface area contributed by atoms with Crippen molar-refractivity contribution >= 4 is 0 Å². The first-order chi connectivity index (χ1) is 7.72. The minimum Gasteiger partial charge on any atom is -0.395 e. The summed E-state index contributed by atoms with van der Waals surface area (Å²) in [5, 5.41) is 31.5. The normalized spacial score (nSPS) is 34.2. The maximum atomic E-state index is 9.80. The monoisotopic (exact) mass is 223 g/mol. The summed E-state index contributed by atoms with van der Waals surface area (Å²) in [6, 6.07) is 9.15. The molecule has 0 saturated carbocycles. The van der Waals surface area contributed by atoms with Crippen LogP contribution in [0.4, 0.5) is 0 Å². The summed E-state index contributed by atoms with van der Waals surface area (Å²) in [6.45, 7) is -0.163. The van der Waals surface area contributed by atoms with E-state index in [0.717, 1.165) is 5.56 Å². The number of nitrogens with one attached hydrogen (secondary N) is 1. The van der Waals surface area contributed by atoms with Gasteiger partial charge in [-0.05, 0) is 12.0 Å². The second-order valence-electron chi connectivity index (χ2n) is 4.23. The van der Waals surface area contributed by atoms with Gasteiger partial charge in [0, 0.05) is 6.04 Å². The Bertz CT molecular complexity index is 330. The Kier molecular flexibility index (Phi) is 3.56. The van der Waals surface area contributed by atoms with E-state index in [0.29, 0.717) is 6.42 Å². The number of rotatable bonds is 3. The molecule has 1 fully saturated rings. The lowest BCUT2D eigenvalue weighted by Gasteiger charge is -2.15. The van der Waals surface area contributed by atoms with Crippen LogP contribution >= 0.6 is 0 Å². The SMILES string of the molecule is OC[C@@H]1N[C@@H](Cc2ccccc2)[C@H](O)[C@H]1O. The molecule has 4 nitrogen and oxygen atoms in total. The number of aliphatic hydroxyl groups is 3. The lowest BCUT2D eigenvalue weighted by atomic mass is 10.0. The first-order valence-electron chi connectivity index (χ1n) is 5.49. The molecule has 0 aromatic heterocycles. The summed E-state index contributed by atoms with van der Waals surface area (Å²) in [5.41, 5.74) is 1.10. The second-order valence-corrected chi connectivity index (χ2v) is 4.23. The van der Waals surface area contributed by atoms with Gasteiger partial charge in [-0.3, -0.25) is 0 Å². The van der Waals surface area contributed by atoms with Gasteiger partial charge in [-0.15, -0.1) is 0 Å². The van der Waals surface area contributed by atoms with E-state index < -0.39 is 18.2 Å². The number of hydrogen-bond acceptors (Lipinski definition) is 4. The van der Waals surface area contributed by atoms with Crippen LogP contribution in [-0.2, 0) is 6.42 Å². The Labute approximate surface area is 94.5 Å². The fraction of sp³-hybridized carbons (Fsp3) is 0.500. The minimum absolute atomic E-state index is 0.163. The van der Waals surface area contributed by atoms with Crippen molar-refractivity contribution in [1.82, 2.24) is 5.32 Å². The predicted octanol–water partition coefficient (Wildman–Crippen LogP) is -0.716. The molecule has 0 spiro atoms. The third kappa shape index (κ3) is 2.25. The average molecular weight is 223 g/mol. The summed E-state index contributed by atoms with van der Waals surface area (Å²) >= 11 is 0. The molecule has 1 aromatic rings. The van der Waals surface area contributed by atoms with Gasteiger partial charge in [0.15, 0.2) is 0 Å². The van der Waals surface area contributed by atoms with Crippen LogP contribution in [0.15, 0.2) is 30.3 Å². The van der Waals surface area contributed by atoms with Gasteiger partial charge in [-0.25, -0.2) is 0 Å². The first-order valence-corrected chi connectivity index (χ1v) is 5.49. The maximum Gasteiger partial charge on any atom is 0.0989 e. The Morgan fingerprint density at radius 1 is 1.00 bits per heavy atom. The van der Waals surface area contributed by atoms with Crippen molar-refractivity contribution in [2.45, 2.75) is 30.7 Å². The number of aliphatic hydroxyl groups excluding tert-OH is 3. The Hall–Kier alpha value is -0.940. The summed E-state index contributed by atoms with van der Waals surface area (Å²) in [6.07, 6.45) is -1.06. The van der Waals surface area contributed by atoms with E-state index in [1.165, 1.54) is 0 Å². The van der Waals surface area contributed by atoms with Gasteiger partial charge in [0.25, 0.3) is 0 Å². The van der Waals surface area contributed by atoms with Crippen molar-refractivity contribution in [3.8, 4) is 0 Å². The summed E-state index contributed by atoms with van der Waals surface area (Å²) < 4.78 is 0. The fourth-order valence-electron chi connectivity index (χ4n) is 2.16. The molecule has 4 N–H and O–H groups in total. The zero-order valence-corrected chi connectivity index (χ0v) is 8.95. The lowest BCUT2D eigenvalue weighted by Crippen LogP contribution is -2.36. The van der Waals surface area contributed by atoms with Gasteiger partial charge >= 0.3 is 0 Å². The van der Waals surface area contributed by atoms with Gasteiger partial charge in [0.1, 0.15) is 0 Å². The molecule has 0 aliphatic carbocycles. The lowest BCUT2D eigenvalue weighted by molar-refractivity contribution is 0.0197. The molecule has 1 aliphatic heterocycles. The third-order valence-electron chi connectivity index (χ3n) is 3.10. The summed E-state index contributed by atoms with van der Waals surface area (Å²) in [7, 11) is 0. The van der Waals surface area contributed by atoms with Crippen LogP contribution in [0.3, 0.4) is 0 Å². The van der Waals surface area contributed by atoms with Gasteiger partial charge in [0.05, 0.1) is 24.9 Å². The highest BCUT2D eigenvalue weighted by atomic mass is 16.3. The molecule has 0 bridgehead atoms. The van der Waals surface area contributed by atoms with E-state index in [-0.39, 0.29) is 12.6 Å². The van der Waals surface area contributed by atoms with Gasteiger partial charge in [-0.2, -0.15) is 0 Å². The summed E-state index contributed by atoms with van der Waals surface area (Å²) in [4.78, 5) is 0. The zero-order chi connectivity index (χ0) is 11.5. The van der Waals surface area contributed by atoms with Gasteiger partial charge in [-0.1, -0.05) is 30.3 Å². The van der Waals surface area contributed by atoms with Crippen molar-refractivity contribution in [2.24, 2.45) is 0 Å². The highest BCUT2D eigenvalue weighted by molar-refractivity contribution is 5.17. The topological polar surface area (TPSA) is 72.7 Å². The van der Waals surface area contributed by atoms with Crippen LogP contribution in [0.1, 0.15) is 5.56 Å². The highest BCUT2D eigenvalue weighted by Crippen LogP contribution is 2.17. The van der Waals surface area contributed by atoms with Crippen LogP contribution in [0.25, 0.3) is 0 Å². The van der Waals surface area contributed by atoms with Crippen LogP contribution in [0.2, 0.25) is 0 Å². The molecule has 0 radical (unpaired) electrons. The molecule has 16 heavy (non-hydrogen) atoms. The number of hydrogen-bond donors (Lipinski definition) is 4. The average Bonchev–Trinajstić information content (AvgIpc) is 2.58. The predicted molar refractivity (Wildman–Crippen MR) is 60.0 cm³/mol. The Morgan fingerprint density at radius 2 is 1.62 bits per heavy atom. The Morgan fingerprint density at radius 3 is 2.19 bits per heavy atom. The largest absolute Gasteiger partial charge is 0.395 e.